The van der Waals surface area contributed by atoms with E-state index in [1.54, 1.807) is 6.07 Å². The predicted molar refractivity (Wildman–Crippen MR) is 126 cm³/mol. The normalized spacial score (nSPS) is 17.5. The second-order valence-electron chi connectivity index (χ2n) is 8.53. The molecule has 5 N–H and O–H groups in total. The van der Waals surface area contributed by atoms with Crippen LogP contribution < -0.4 is 5.32 Å². The maximum Gasteiger partial charge on any atom is 0.336 e. The molecule has 1 aliphatic rings. The van der Waals surface area contributed by atoms with E-state index in [1.165, 1.54) is 19.3 Å². The van der Waals surface area contributed by atoms with Gasteiger partial charge >= 0.3 is 17.9 Å². The minimum absolute atomic E-state index is 0.497. The average molecular weight is 531 g/mol. The molecular formula is C23H28Cl2N2O8. The van der Waals surface area contributed by atoms with Crippen molar-refractivity contribution >= 4 is 41.1 Å². The van der Waals surface area contributed by atoms with E-state index in [2.05, 4.69) is 10.5 Å². The van der Waals surface area contributed by atoms with Gasteiger partial charge in [0.15, 0.2) is 5.60 Å². The molecule has 0 bridgehead atoms. The van der Waals surface area contributed by atoms with Crippen molar-refractivity contribution in [2.24, 2.45) is 5.92 Å². The van der Waals surface area contributed by atoms with Gasteiger partial charge in [0.05, 0.1) is 18.5 Å². The molecular weight excluding hydrogens is 503 g/mol. The van der Waals surface area contributed by atoms with Crippen molar-refractivity contribution in [2.75, 3.05) is 0 Å². The molecule has 0 aliphatic heterocycles. The van der Waals surface area contributed by atoms with Crippen LogP contribution in [0, 0.1) is 12.8 Å². The second-order valence-corrected chi connectivity index (χ2v) is 9.37. The Hall–Kier alpha value is -2.66. The zero-order valence-electron chi connectivity index (χ0n) is 19.0. The Labute approximate surface area is 211 Å². The first-order valence-electron chi connectivity index (χ1n) is 10.9. The SMILES string of the molecule is Cc1cc(C[C@@H]2CCC[C@H]2NCc2ccc(Cl)cc2Cl)on1.O=C(O)CC(O)(CC(=O)O)C(=O)O. The Morgan fingerprint density at radius 2 is 1.77 bits per heavy atom. The van der Waals surface area contributed by atoms with Gasteiger partial charge in [-0.15, -0.1) is 0 Å². The first-order valence-corrected chi connectivity index (χ1v) is 11.6. The highest BCUT2D eigenvalue weighted by atomic mass is 35.5. The number of carbonyl (C=O) groups is 3. The van der Waals surface area contributed by atoms with Gasteiger partial charge in [0, 0.05) is 35.1 Å². The summed E-state index contributed by atoms with van der Waals surface area (Å²) < 4.78 is 5.36. The van der Waals surface area contributed by atoms with E-state index in [4.69, 9.17) is 48.2 Å². The fraction of sp³-hybridized carbons (Fsp3) is 0.478. The summed E-state index contributed by atoms with van der Waals surface area (Å²) in [5.41, 5.74) is -0.699. The molecule has 1 fully saturated rings. The Bertz CT molecular complexity index is 1030. The van der Waals surface area contributed by atoms with Crippen molar-refractivity contribution in [1.82, 2.24) is 10.5 Å². The van der Waals surface area contributed by atoms with Gasteiger partial charge in [-0.25, -0.2) is 4.79 Å². The smallest absolute Gasteiger partial charge is 0.336 e. The summed E-state index contributed by atoms with van der Waals surface area (Å²) in [4.78, 5) is 30.5. The number of benzene rings is 1. The number of carboxylic acids is 3. The number of aliphatic carboxylic acids is 3. The van der Waals surface area contributed by atoms with Gasteiger partial charge < -0.3 is 30.3 Å². The summed E-state index contributed by atoms with van der Waals surface area (Å²) in [5.74, 6) is -3.44. The number of nitrogens with one attached hydrogen (secondary N) is 1. The number of hydrogen-bond donors (Lipinski definition) is 5. The monoisotopic (exact) mass is 530 g/mol. The topological polar surface area (TPSA) is 170 Å². The molecule has 0 spiro atoms. The van der Waals surface area contributed by atoms with Crippen LogP contribution in [0.3, 0.4) is 0 Å². The largest absolute Gasteiger partial charge is 0.481 e. The van der Waals surface area contributed by atoms with E-state index in [0.29, 0.717) is 17.0 Å². The van der Waals surface area contributed by atoms with Crippen LogP contribution in [0.2, 0.25) is 10.0 Å². The molecule has 1 aromatic carbocycles. The Morgan fingerprint density at radius 3 is 2.29 bits per heavy atom. The van der Waals surface area contributed by atoms with Crippen molar-refractivity contribution < 1.29 is 39.3 Å². The second kappa shape index (κ2) is 12.9. The number of nitrogens with zero attached hydrogens (tertiary/aromatic N) is 1. The van der Waals surface area contributed by atoms with Crippen molar-refractivity contribution in [3.8, 4) is 0 Å². The van der Waals surface area contributed by atoms with E-state index in [1.807, 2.05) is 25.1 Å². The molecule has 1 saturated carbocycles. The molecule has 192 valence electrons. The van der Waals surface area contributed by atoms with Crippen LogP contribution in [-0.4, -0.2) is 55.1 Å². The summed E-state index contributed by atoms with van der Waals surface area (Å²) in [6.45, 7) is 2.73. The van der Waals surface area contributed by atoms with E-state index in [9.17, 15) is 14.4 Å². The molecule has 2 aromatic rings. The fourth-order valence-electron chi connectivity index (χ4n) is 3.94. The first-order chi connectivity index (χ1) is 16.4. The Kier molecular flexibility index (Phi) is 10.5. The van der Waals surface area contributed by atoms with Crippen molar-refractivity contribution in [2.45, 2.75) is 63.6 Å². The van der Waals surface area contributed by atoms with Gasteiger partial charge in [0.1, 0.15) is 5.76 Å². The molecule has 35 heavy (non-hydrogen) atoms. The molecule has 1 heterocycles. The van der Waals surface area contributed by atoms with E-state index < -0.39 is 36.4 Å². The fourth-order valence-corrected chi connectivity index (χ4v) is 4.42. The predicted octanol–water partition coefficient (Wildman–Crippen LogP) is 3.54. The van der Waals surface area contributed by atoms with Gasteiger partial charge in [0.2, 0.25) is 0 Å². The van der Waals surface area contributed by atoms with Gasteiger partial charge in [0.25, 0.3) is 0 Å². The van der Waals surface area contributed by atoms with Crippen LogP contribution in [0.25, 0.3) is 0 Å². The third kappa shape index (κ3) is 9.14. The first kappa shape index (κ1) is 28.6. The highest BCUT2D eigenvalue weighted by Gasteiger charge is 2.40. The van der Waals surface area contributed by atoms with Gasteiger partial charge in [-0.2, -0.15) is 0 Å². The van der Waals surface area contributed by atoms with Crippen LogP contribution >= 0.6 is 23.2 Å². The molecule has 0 unspecified atom stereocenters. The average Bonchev–Trinajstić information content (AvgIpc) is 3.35. The zero-order chi connectivity index (χ0) is 26.2. The highest BCUT2D eigenvalue weighted by molar-refractivity contribution is 6.35. The van der Waals surface area contributed by atoms with Crippen LogP contribution in [0.15, 0.2) is 28.8 Å². The molecule has 1 aliphatic carbocycles. The van der Waals surface area contributed by atoms with Crippen LogP contribution in [-0.2, 0) is 27.3 Å². The third-order valence-corrected chi connectivity index (χ3v) is 6.24. The minimum atomic E-state index is -2.74. The molecule has 2 atom stereocenters. The number of aromatic nitrogens is 1. The molecule has 0 saturated heterocycles. The van der Waals surface area contributed by atoms with Crippen molar-refractivity contribution in [1.29, 1.82) is 0 Å². The van der Waals surface area contributed by atoms with E-state index in [-0.39, 0.29) is 0 Å². The Balaban J connectivity index is 0.000000287. The number of halogens is 2. The quantitative estimate of drug-likeness (QED) is 0.306. The molecule has 0 amide bonds. The summed E-state index contributed by atoms with van der Waals surface area (Å²) in [6, 6.07) is 8.20. The Morgan fingerprint density at radius 1 is 1.11 bits per heavy atom. The number of aryl methyl sites for hydroxylation is 1. The lowest BCUT2D eigenvalue weighted by Crippen LogP contribution is -2.42. The number of hydrogen-bond acceptors (Lipinski definition) is 7. The molecule has 1 aromatic heterocycles. The van der Waals surface area contributed by atoms with Gasteiger partial charge in [-0.1, -0.05) is 40.8 Å². The zero-order valence-corrected chi connectivity index (χ0v) is 20.6. The van der Waals surface area contributed by atoms with Crippen molar-refractivity contribution in [3.05, 3.63) is 51.3 Å². The standard InChI is InChI=1S/C17H20Cl2N2O.C6H8O7/c1-11-7-15(22-21-11)8-12-3-2-4-17(12)20-10-13-5-6-14(18)9-16(13)19;7-3(8)1-6(13,5(11)12)2-4(9)10/h5-7,9,12,17,20H,2-4,8,10H2,1H3;13H,1-2H2,(H,7,8)(H,9,10)(H,11,12)/t12-,17+;/m0./s1. The molecule has 12 heteroatoms. The van der Waals surface area contributed by atoms with E-state index in [0.717, 1.165) is 35.0 Å². The van der Waals surface area contributed by atoms with Crippen LogP contribution in [0.5, 0.6) is 0 Å². The maximum atomic E-state index is 10.3. The van der Waals surface area contributed by atoms with Gasteiger partial charge in [-0.3, -0.25) is 9.59 Å². The number of carboxylic acid groups (broad SMARTS) is 3. The van der Waals surface area contributed by atoms with E-state index >= 15 is 0 Å². The number of rotatable bonds is 10. The summed E-state index contributed by atoms with van der Waals surface area (Å²) in [7, 11) is 0. The molecule has 0 radical (unpaired) electrons. The minimum Gasteiger partial charge on any atom is -0.481 e. The lowest BCUT2D eigenvalue weighted by molar-refractivity contribution is -0.170. The summed E-state index contributed by atoms with van der Waals surface area (Å²) in [5, 5.41) is 42.8. The lowest BCUT2D eigenvalue weighted by atomic mass is 9.96. The lowest BCUT2D eigenvalue weighted by Gasteiger charge is -2.20. The van der Waals surface area contributed by atoms with Crippen LogP contribution in [0.1, 0.15) is 49.1 Å². The molecule has 10 nitrogen and oxygen atoms in total. The van der Waals surface area contributed by atoms with Gasteiger partial charge in [-0.05, 0) is 43.4 Å². The summed E-state index contributed by atoms with van der Waals surface area (Å²) in [6.07, 6.45) is 2.34. The van der Waals surface area contributed by atoms with Crippen molar-refractivity contribution in [3.63, 3.8) is 0 Å². The maximum absolute atomic E-state index is 10.3. The summed E-state index contributed by atoms with van der Waals surface area (Å²) >= 11 is 12.2. The highest BCUT2D eigenvalue weighted by Crippen LogP contribution is 2.30. The molecule has 3 rings (SSSR count). The van der Waals surface area contributed by atoms with Crippen LogP contribution in [0.4, 0.5) is 0 Å². The third-order valence-electron chi connectivity index (χ3n) is 5.65. The number of aliphatic hydroxyl groups is 1.